The van der Waals surface area contributed by atoms with Crippen LogP contribution in [-0.4, -0.2) is 43.1 Å². The Labute approximate surface area is 125 Å². The number of methoxy groups -OCH3 is 1. The van der Waals surface area contributed by atoms with Gasteiger partial charge >= 0.3 is 0 Å². The molecule has 112 valence electrons. The van der Waals surface area contributed by atoms with E-state index < -0.39 is 0 Å². The van der Waals surface area contributed by atoms with Crippen LogP contribution in [0.2, 0.25) is 0 Å². The fourth-order valence-corrected chi connectivity index (χ4v) is 2.72. The predicted octanol–water partition coefficient (Wildman–Crippen LogP) is 1.68. The summed E-state index contributed by atoms with van der Waals surface area (Å²) in [4.78, 5) is 2.39. The van der Waals surface area contributed by atoms with Gasteiger partial charge in [-0.1, -0.05) is 30.3 Å². The van der Waals surface area contributed by atoms with E-state index in [0.29, 0.717) is 12.6 Å². The average Bonchev–Trinajstić information content (AvgIpc) is 3.03. The minimum Gasteiger partial charge on any atom is -0.383 e. The summed E-state index contributed by atoms with van der Waals surface area (Å²) in [5, 5.41) is 7.99. The summed E-state index contributed by atoms with van der Waals surface area (Å²) < 4.78 is 7.03. The van der Waals surface area contributed by atoms with Crippen molar-refractivity contribution in [3.63, 3.8) is 0 Å². The highest BCUT2D eigenvalue weighted by Gasteiger charge is 2.21. The monoisotopic (exact) mass is 286 g/mol. The minimum absolute atomic E-state index is 0.377. The molecule has 1 aliphatic heterocycles. The van der Waals surface area contributed by atoms with Crippen molar-refractivity contribution in [2.45, 2.75) is 12.6 Å². The molecule has 0 spiro atoms. The molecule has 3 rings (SSSR count). The van der Waals surface area contributed by atoms with Crippen molar-refractivity contribution < 1.29 is 4.74 Å². The van der Waals surface area contributed by atoms with Gasteiger partial charge in [0, 0.05) is 39.0 Å². The summed E-state index contributed by atoms with van der Waals surface area (Å²) in [7, 11) is 1.71. The van der Waals surface area contributed by atoms with Crippen molar-refractivity contribution in [1.82, 2.24) is 15.1 Å². The maximum Gasteiger partial charge on any atom is 0.0753 e. The van der Waals surface area contributed by atoms with Crippen LogP contribution >= 0.6 is 0 Å². The Balaban J connectivity index is 1.67. The van der Waals surface area contributed by atoms with E-state index in [1.807, 2.05) is 10.9 Å². The maximum atomic E-state index is 5.09. The van der Waals surface area contributed by atoms with Gasteiger partial charge in [0.2, 0.25) is 0 Å². The molecule has 5 heteroatoms. The lowest BCUT2D eigenvalue weighted by atomic mass is 10.0. The molecular weight excluding hydrogens is 264 g/mol. The molecule has 1 N–H and O–H groups in total. The molecule has 1 aromatic heterocycles. The number of anilines is 1. The second-order valence-corrected chi connectivity index (χ2v) is 5.32. The molecule has 1 aromatic carbocycles. The van der Waals surface area contributed by atoms with Gasteiger partial charge in [-0.25, -0.2) is 0 Å². The Morgan fingerprint density at radius 1 is 1.33 bits per heavy atom. The van der Waals surface area contributed by atoms with Crippen molar-refractivity contribution in [2.24, 2.45) is 0 Å². The van der Waals surface area contributed by atoms with Gasteiger partial charge < -0.3 is 15.0 Å². The standard InChI is InChI=1S/C16H22N4O/c1-21-10-9-20-12-15(11-18-20)19-8-7-17-16(13-19)14-5-3-2-4-6-14/h2-6,11-12,16-17H,7-10,13H2,1H3. The highest BCUT2D eigenvalue weighted by Crippen LogP contribution is 2.21. The van der Waals surface area contributed by atoms with Gasteiger partial charge in [0.05, 0.1) is 25.0 Å². The Bertz CT molecular complexity index is 554. The molecule has 1 aliphatic rings. The number of nitrogens with one attached hydrogen (secondary N) is 1. The lowest BCUT2D eigenvalue weighted by Gasteiger charge is -2.34. The van der Waals surface area contributed by atoms with Crippen LogP contribution in [0.1, 0.15) is 11.6 Å². The molecule has 0 radical (unpaired) electrons. The van der Waals surface area contributed by atoms with Crippen molar-refractivity contribution >= 4 is 5.69 Å². The summed E-state index contributed by atoms with van der Waals surface area (Å²) in [5.74, 6) is 0. The SMILES string of the molecule is COCCn1cc(N2CCNC(c3ccccc3)C2)cn1. The minimum atomic E-state index is 0.377. The Morgan fingerprint density at radius 3 is 3.00 bits per heavy atom. The molecule has 0 bridgehead atoms. The first-order chi connectivity index (χ1) is 10.4. The van der Waals surface area contributed by atoms with Crippen LogP contribution in [0.5, 0.6) is 0 Å². The highest BCUT2D eigenvalue weighted by molar-refractivity contribution is 5.44. The van der Waals surface area contributed by atoms with Crippen LogP contribution in [0.25, 0.3) is 0 Å². The van der Waals surface area contributed by atoms with Gasteiger partial charge in [0.1, 0.15) is 0 Å². The third kappa shape index (κ3) is 3.43. The second kappa shape index (κ2) is 6.74. The molecule has 2 heterocycles. The third-order valence-corrected chi connectivity index (χ3v) is 3.89. The molecule has 1 fully saturated rings. The van der Waals surface area contributed by atoms with E-state index >= 15 is 0 Å². The zero-order valence-corrected chi connectivity index (χ0v) is 12.4. The highest BCUT2D eigenvalue weighted by atomic mass is 16.5. The molecule has 1 atom stereocenters. The van der Waals surface area contributed by atoms with E-state index in [1.165, 1.54) is 11.3 Å². The van der Waals surface area contributed by atoms with Crippen LogP contribution in [-0.2, 0) is 11.3 Å². The van der Waals surface area contributed by atoms with Crippen molar-refractivity contribution in [1.29, 1.82) is 0 Å². The normalized spacial score (nSPS) is 18.9. The van der Waals surface area contributed by atoms with Gasteiger partial charge in [-0.05, 0) is 5.56 Å². The number of nitrogens with zero attached hydrogens (tertiary/aromatic N) is 3. The molecule has 1 unspecified atom stereocenters. The lowest BCUT2D eigenvalue weighted by molar-refractivity contribution is 0.183. The fraction of sp³-hybridized carbons (Fsp3) is 0.438. The molecule has 21 heavy (non-hydrogen) atoms. The van der Waals surface area contributed by atoms with Crippen LogP contribution in [0.4, 0.5) is 5.69 Å². The van der Waals surface area contributed by atoms with Gasteiger partial charge in [0.25, 0.3) is 0 Å². The second-order valence-electron chi connectivity index (χ2n) is 5.32. The molecule has 2 aromatic rings. The smallest absolute Gasteiger partial charge is 0.0753 e. The van der Waals surface area contributed by atoms with E-state index in [9.17, 15) is 0 Å². The number of hydrogen-bond acceptors (Lipinski definition) is 4. The number of rotatable bonds is 5. The number of aromatic nitrogens is 2. The summed E-state index contributed by atoms with van der Waals surface area (Å²) in [6.45, 7) is 4.46. The van der Waals surface area contributed by atoms with Gasteiger partial charge in [0.15, 0.2) is 0 Å². The number of ether oxygens (including phenoxy) is 1. The van der Waals surface area contributed by atoms with E-state index in [4.69, 9.17) is 4.74 Å². The van der Waals surface area contributed by atoms with Crippen LogP contribution < -0.4 is 10.2 Å². The molecule has 1 saturated heterocycles. The lowest BCUT2D eigenvalue weighted by Crippen LogP contribution is -2.45. The van der Waals surface area contributed by atoms with Crippen LogP contribution in [0.15, 0.2) is 42.7 Å². The summed E-state index contributed by atoms with van der Waals surface area (Å²) in [6, 6.07) is 11.0. The summed E-state index contributed by atoms with van der Waals surface area (Å²) in [5.41, 5.74) is 2.53. The summed E-state index contributed by atoms with van der Waals surface area (Å²) >= 11 is 0. The first-order valence-corrected chi connectivity index (χ1v) is 7.41. The zero-order chi connectivity index (χ0) is 14.5. The van der Waals surface area contributed by atoms with Gasteiger partial charge in [-0.2, -0.15) is 5.10 Å². The first-order valence-electron chi connectivity index (χ1n) is 7.41. The third-order valence-electron chi connectivity index (χ3n) is 3.89. The number of hydrogen-bond donors (Lipinski definition) is 1. The van der Waals surface area contributed by atoms with E-state index in [0.717, 1.165) is 26.2 Å². The first kappa shape index (κ1) is 14.1. The van der Waals surface area contributed by atoms with Gasteiger partial charge in [-0.15, -0.1) is 0 Å². The Kier molecular flexibility index (Phi) is 4.52. The van der Waals surface area contributed by atoms with Crippen molar-refractivity contribution in [3.05, 3.63) is 48.3 Å². The van der Waals surface area contributed by atoms with E-state index in [2.05, 4.69) is 51.8 Å². The van der Waals surface area contributed by atoms with E-state index in [1.54, 1.807) is 7.11 Å². The number of piperazine rings is 1. The van der Waals surface area contributed by atoms with Crippen molar-refractivity contribution in [2.75, 3.05) is 38.3 Å². The molecular formula is C16H22N4O. The Morgan fingerprint density at radius 2 is 2.19 bits per heavy atom. The predicted molar refractivity (Wildman–Crippen MR) is 83.5 cm³/mol. The van der Waals surface area contributed by atoms with Crippen molar-refractivity contribution in [3.8, 4) is 0 Å². The molecule has 0 saturated carbocycles. The average molecular weight is 286 g/mol. The maximum absolute atomic E-state index is 5.09. The fourth-order valence-electron chi connectivity index (χ4n) is 2.72. The topological polar surface area (TPSA) is 42.3 Å². The quantitative estimate of drug-likeness (QED) is 0.908. The van der Waals surface area contributed by atoms with Crippen LogP contribution in [0, 0.1) is 0 Å². The summed E-state index contributed by atoms with van der Waals surface area (Å²) in [6.07, 6.45) is 4.05. The molecule has 5 nitrogen and oxygen atoms in total. The Hall–Kier alpha value is -1.85. The molecule has 0 amide bonds. The van der Waals surface area contributed by atoms with Crippen LogP contribution in [0.3, 0.4) is 0 Å². The largest absolute Gasteiger partial charge is 0.383 e. The van der Waals surface area contributed by atoms with E-state index in [-0.39, 0.29) is 0 Å². The number of benzene rings is 1. The zero-order valence-electron chi connectivity index (χ0n) is 12.4. The molecule has 0 aliphatic carbocycles. The van der Waals surface area contributed by atoms with Gasteiger partial charge in [-0.3, -0.25) is 4.68 Å².